The molecular formula is C19H21N7S2. The molecule has 3 heterocycles. The lowest BCUT2D eigenvalue weighted by Gasteiger charge is -2.12. The number of rotatable bonds is 6. The second kappa shape index (κ2) is 7.94. The summed E-state index contributed by atoms with van der Waals surface area (Å²) in [5, 5.41) is 17.0. The number of thiophene rings is 1. The summed E-state index contributed by atoms with van der Waals surface area (Å²) in [6, 6.07) is 10.5. The summed E-state index contributed by atoms with van der Waals surface area (Å²) in [5.41, 5.74) is 2.30. The Bertz CT molecular complexity index is 1090. The van der Waals surface area contributed by atoms with Gasteiger partial charge in [0, 0.05) is 10.9 Å². The van der Waals surface area contributed by atoms with Crippen LogP contribution in [0.5, 0.6) is 0 Å². The molecule has 0 aliphatic rings. The maximum Gasteiger partial charge on any atom is 0.215 e. The third kappa shape index (κ3) is 3.78. The summed E-state index contributed by atoms with van der Waals surface area (Å²) in [6.45, 7) is 4.80. The Kier molecular flexibility index (Phi) is 5.38. The van der Waals surface area contributed by atoms with E-state index in [1.165, 1.54) is 11.8 Å². The van der Waals surface area contributed by atoms with Crippen LogP contribution in [0, 0.1) is 0 Å². The van der Waals surface area contributed by atoms with Gasteiger partial charge in [-0.25, -0.2) is 14.6 Å². The Balaban J connectivity index is 1.87. The fourth-order valence-electron chi connectivity index (χ4n) is 2.87. The van der Waals surface area contributed by atoms with E-state index < -0.39 is 0 Å². The highest BCUT2D eigenvalue weighted by atomic mass is 32.2. The van der Waals surface area contributed by atoms with Crippen LogP contribution in [-0.4, -0.2) is 49.2 Å². The van der Waals surface area contributed by atoms with E-state index in [-0.39, 0.29) is 6.04 Å². The molecule has 0 amide bonds. The first-order chi connectivity index (χ1) is 13.5. The molecule has 3 aromatic heterocycles. The van der Waals surface area contributed by atoms with Gasteiger partial charge in [-0.05, 0) is 55.7 Å². The zero-order valence-corrected chi connectivity index (χ0v) is 17.8. The van der Waals surface area contributed by atoms with Gasteiger partial charge in [-0.3, -0.25) is 0 Å². The summed E-state index contributed by atoms with van der Waals surface area (Å²) in [6.07, 6.45) is 0. The average Bonchev–Trinajstić information content (AvgIpc) is 3.29. The van der Waals surface area contributed by atoms with E-state index >= 15 is 0 Å². The minimum absolute atomic E-state index is 0.173. The lowest BCUT2D eigenvalue weighted by Crippen LogP contribution is -2.13. The smallest absolute Gasteiger partial charge is 0.215 e. The minimum Gasteiger partial charge on any atom is -0.302 e. The largest absolute Gasteiger partial charge is 0.302 e. The third-order valence-electron chi connectivity index (χ3n) is 4.13. The topological polar surface area (TPSA) is 72.6 Å². The predicted octanol–water partition coefficient (Wildman–Crippen LogP) is 4.14. The zero-order valence-electron chi connectivity index (χ0n) is 16.2. The fraction of sp³-hybridized carbons (Fsp3) is 0.316. The lowest BCUT2D eigenvalue weighted by molar-refractivity contribution is 0.390. The molecule has 0 radical (unpaired) electrons. The van der Waals surface area contributed by atoms with Gasteiger partial charge in [0.2, 0.25) is 5.16 Å². The number of hydrogen-bond donors (Lipinski definition) is 0. The van der Waals surface area contributed by atoms with E-state index in [1.54, 1.807) is 11.3 Å². The monoisotopic (exact) mass is 411 g/mol. The molecule has 7 nitrogen and oxygen atoms in total. The van der Waals surface area contributed by atoms with Crippen LogP contribution in [0.4, 0.5) is 0 Å². The average molecular weight is 412 g/mol. The van der Waals surface area contributed by atoms with Gasteiger partial charge in [-0.15, -0.1) is 16.4 Å². The van der Waals surface area contributed by atoms with Crippen LogP contribution >= 0.6 is 23.1 Å². The van der Waals surface area contributed by atoms with E-state index in [0.717, 1.165) is 37.4 Å². The van der Waals surface area contributed by atoms with E-state index in [2.05, 4.69) is 51.8 Å². The van der Waals surface area contributed by atoms with Gasteiger partial charge in [0.25, 0.3) is 0 Å². The minimum atomic E-state index is 0.173. The van der Waals surface area contributed by atoms with Crippen molar-refractivity contribution in [1.82, 2.24) is 35.1 Å². The second-order valence-electron chi connectivity index (χ2n) is 6.98. The quantitative estimate of drug-likeness (QED) is 0.442. The molecule has 0 aliphatic heterocycles. The summed E-state index contributed by atoms with van der Waals surface area (Å²) in [5.74, 6) is 0.796. The van der Waals surface area contributed by atoms with Crippen molar-refractivity contribution >= 4 is 33.3 Å². The highest BCUT2D eigenvalue weighted by molar-refractivity contribution is 7.99. The molecular weight excluding hydrogens is 390 g/mol. The van der Waals surface area contributed by atoms with Gasteiger partial charge >= 0.3 is 0 Å². The fourth-order valence-corrected chi connectivity index (χ4v) is 4.95. The SMILES string of the molecule is CC(C)n1nnnc1Sc1nc(CN(C)C)nc2scc(-c3ccccc3)c12. The standard InChI is InChI=1S/C19H21N7S2/c1-12(2)26-19(22-23-24-26)28-18-16-14(13-8-6-5-7-9-13)11-27-17(16)20-15(21-18)10-25(3)4/h5-9,11-12H,10H2,1-4H3. The first kappa shape index (κ1) is 19.0. The maximum absolute atomic E-state index is 4.88. The van der Waals surface area contributed by atoms with Crippen molar-refractivity contribution in [2.75, 3.05) is 14.1 Å². The number of tetrazole rings is 1. The Hall–Kier alpha value is -2.36. The zero-order chi connectivity index (χ0) is 19.7. The van der Waals surface area contributed by atoms with E-state index in [1.807, 2.05) is 37.0 Å². The van der Waals surface area contributed by atoms with Crippen LogP contribution < -0.4 is 0 Å². The summed E-state index contributed by atoms with van der Waals surface area (Å²) in [4.78, 5) is 12.7. The Morgan fingerprint density at radius 2 is 1.93 bits per heavy atom. The van der Waals surface area contributed by atoms with Gasteiger partial charge in [-0.2, -0.15) is 0 Å². The van der Waals surface area contributed by atoms with Gasteiger partial charge in [0.15, 0.2) is 0 Å². The molecule has 4 aromatic rings. The second-order valence-corrected chi connectivity index (χ2v) is 8.79. The van der Waals surface area contributed by atoms with Crippen molar-refractivity contribution in [3.8, 4) is 11.1 Å². The van der Waals surface area contributed by atoms with Crippen molar-refractivity contribution < 1.29 is 0 Å². The van der Waals surface area contributed by atoms with Gasteiger partial charge in [0.1, 0.15) is 15.7 Å². The maximum atomic E-state index is 4.88. The first-order valence-electron chi connectivity index (χ1n) is 8.97. The molecule has 0 N–H and O–H groups in total. The van der Waals surface area contributed by atoms with Crippen molar-refractivity contribution in [3.63, 3.8) is 0 Å². The first-order valence-corrected chi connectivity index (χ1v) is 10.7. The molecule has 0 fully saturated rings. The van der Waals surface area contributed by atoms with E-state index in [4.69, 9.17) is 9.97 Å². The molecule has 0 saturated carbocycles. The van der Waals surface area contributed by atoms with Crippen molar-refractivity contribution in [1.29, 1.82) is 0 Å². The van der Waals surface area contributed by atoms with Crippen molar-refractivity contribution in [2.24, 2.45) is 0 Å². The molecule has 0 aliphatic carbocycles. The summed E-state index contributed by atoms with van der Waals surface area (Å²) in [7, 11) is 4.03. The van der Waals surface area contributed by atoms with Gasteiger partial charge < -0.3 is 4.90 Å². The van der Waals surface area contributed by atoms with Crippen LogP contribution in [0.25, 0.3) is 21.3 Å². The van der Waals surface area contributed by atoms with Crippen LogP contribution in [0.1, 0.15) is 25.7 Å². The summed E-state index contributed by atoms with van der Waals surface area (Å²) < 4.78 is 1.82. The van der Waals surface area contributed by atoms with Gasteiger partial charge in [0.05, 0.1) is 18.0 Å². The molecule has 9 heteroatoms. The number of nitrogens with zero attached hydrogens (tertiary/aromatic N) is 7. The number of aromatic nitrogens is 6. The third-order valence-corrected chi connectivity index (χ3v) is 5.94. The Morgan fingerprint density at radius 3 is 2.64 bits per heavy atom. The number of benzene rings is 1. The van der Waals surface area contributed by atoms with Crippen LogP contribution in [0.2, 0.25) is 0 Å². The van der Waals surface area contributed by atoms with E-state index in [9.17, 15) is 0 Å². The highest BCUT2D eigenvalue weighted by Crippen LogP contribution is 2.40. The Labute approximate surface area is 171 Å². The van der Waals surface area contributed by atoms with Crippen LogP contribution in [0.15, 0.2) is 45.9 Å². The lowest BCUT2D eigenvalue weighted by atomic mass is 10.1. The molecule has 0 atom stereocenters. The van der Waals surface area contributed by atoms with E-state index in [0.29, 0.717) is 6.54 Å². The summed E-state index contributed by atoms with van der Waals surface area (Å²) >= 11 is 3.14. The molecule has 144 valence electrons. The number of hydrogen-bond acceptors (Lipinski definition) is 8. The highest BCUT2D eigenvalue weighted by Gasteiger charge is 2.19. The Morgan fingerprint density at radius 1 is 1.14 bits per heavy atom. The predicted molar refractivity (Wildman–Crippen MR) is 113 cm³/mol. The molecule has 4 rings (SSSR count). The van der Waals surface area contributed by atoms with Crippen molar-refractivity contribution in [2.45, 2.75) is 36.6 Å². The van der Waals surface area contributed by atoms with Crippen LogP contribution in [0.3, 0.4) is 0 Å². The molecule has 0 spiro atoms. The molecule has 0 saturated heterocycles. The van der Waals surface area contributed by atoms with Gasteiger partial charge in [-0.1, -0.05) is 30.3 Å². The normalized spacial score (nSPS) is 11.8. The van der Waals surface area contributed by atoms with Crippen LogP contribution in [-0.2, 0) is 6.54 Å². The molecule has 28 heavy (non-hydrogen) atoms. The van der Waals surface area contributed by atoms with Crippen molar-refractivity contribution in [3.05, 3.63) is 41.5 Å². The molecule has 1 aromatic carbocycles. The molecule has 0 bridgehead atoms. The number of fused-ring (bicyclic) bond motifs is 1. The molecule has 0 unspecified atom stereocenters.